The van der Waals surface area contributed by atoms with Gasteiger partial charge in [0.1, 0.15) is 0 Å². The molecule has 1 atom stereocenters. The monoisotopic (exact) mass is 262 g/mol. The Balaban J connectivity index is 1.40. The van der Waals surface area contributed by atoms with Crippen LogP contribution in [0.4, 0.5) is 0 Å². The van der Waals surface area contributed by atoms with Crippen LogP contribution in [0.2, 0.25) is 0 Å². The van der Waals surface area contributed by atoms with Crippen LogP contribution in [0.25, 0.3) is 0 Å². The van der Waals surface area contributed by atoms with E-state index in [0.717, 1.165) is 43.7 Å². The Hall–Kier alpha value is -0.570. The summed E-state index contributed by atoms with van der Waals surface area (Å²) < 4.78 is 0. The maximum Gasteiger partial charge on any atom is 0.220 e. The first-order valence-electron chi connectivity index (χ1n) is 8.21. The second-order valence-corrected chi connectivity index (χ2v) is 7.85. The van der Waals surface area contributed by atoms with Gasteiger partial charge < -0.3 is 10.6 Å². The van der Waals surface area contributed by atoms with E-state index in [1.807, 2.05) is 0 Å². The highest BCUT2D eigenvalue weighted by Gasteiger charge is 2.51. The minimum absolute atomic E-state index is 0.329. The Morgan fingerprint density at radius 2 is 1.74 bits per heavy atom. The van der Waals surface area contributed by atoms with Crippen LogP contribution < -0.4 is 10.6 Å². The SMILES string of the molecule is O=C(CC12CC3CC(CC(C3)C1)C2)N[C@@H]1CCNC1. The first-order chi connectivity index (χ1) is 9.21. The molecule has 4 aliphatic carbocycles. The van der Waals surface area contributed by atoms with Crippen molar-refractivity contribution in [2.24, 2.45) is 23.2 Å². The van der Waals surface area contributed by atoms with Crippen LogP contribution in [-0.2, 0) is 4.79 Å². The van der Waals surface area contributed by atoms with Crippen molar-refractivity contribution in [1.82, 2.24) is 10.6 Å². The van der Waals surface area contributed by atoms with Gasteiger partial charge in [-0.1, -0.05) is 0 Å². The summed E-state index contributed by atoms with van der Waals surface area (Å²) in [7, 11) is 0. The smallest absolute Gasteiger partial charge is 0.220 e. The van der Waals surface area contributed by atoms with Gasteiger partial charge in [-0.15, -0.1) is 0 Å². The van der Waals surface area contributed by atoms with Crippen molar-refractivity contribution in [1.29, 1.82) is 0 Å². The number of amides is 1. The van der Waals surface area contributed by atoms with E-state index in [1.165, 1.54) is 38.5 Å². The highest BCUT2D eigenvalue weighted by molar-refractivity contribution is 5.77. The number of hydrogen-bond donors (Lipinski definition) is 2. The normalized spacial score (nSPS) is 47.6. The third kappa shape index (κ3) is 2.31. The summed E-state index contributed by atoms with van der Waals surface area (Å²) in [6, 6.07) is 0.390. The molecule has 1 saturated heterocycles. The number of carbonyl (C=O) groups excluding carboxylic acids is 1. The fourth-order valence-corrected chi connectivity index (χ4v) is 5.90. The van der Waals surface area contributed by atoms with Gasteiger partial charge in [-0.05, 0) is 74.7 Å². The van der Waals surface area contributed by atoms with Crippen molar-refractivity contribution in [2.75, 3.05) is 13.1 Å². The van der Waals surface area contributed by atoms with Gasteiger partial charge in [-0.2, -0.15) is 0 Å². The van der Waals surface area contributed by atoms with E-state index in [9.17, 15) is 4.79 Å². The zero-order valence-corrected chi connectivity index (χ0v) is 11.8. The summed E-state index contributed by atoms with van der Waals surface area (Å²) in [6.07, 6.45) is 10.3. The van der Waals surface area contributed by atoms with E-state index in [4.69, 9.17) is 0 Å². The molecule has 0 radical (unpaired) electrons. The molecule has 3 heteroatoms. The molecular weight excluding hydrogens is 236 g/mol. The molecule has 1 heterocycles. The van der Waals surface area contributed by atoms with Gasteiger partial charge in [-0.3, -0.25) is 4.79 Å². The van der Waals surface area contributed by atoms with Gasteiger partial charge in [-0.25, -0.2) is 0 Å². The minimum atomic E-state index is 0.329. The average molecular weight is 262 g/mol. The van der Waals surface area contributed by atoms with E-state index in [-0.39, 0.29) is 0 Å². The third-order valence-corrected chi connectivity index (χ3v) is 6.13. The molecule has 0 spiro atoms. The molecule has 1 amide bonds. The van der Waals surface area contributed by atoms with Crippen LogP contribution >= 0.6 is 0 Å². The van der Waals surface area contributed by atoms with Gasteiger partial charge in [0, 0.05) is 19.0 Å². The van der Waals surface area contributed by atoms with Gasteiger partial charge in [0.15, 0.2) is 0 Å². The lowest BCUT2D eigenvalue weighted by Gasteiger charge is -2.56. The highest BCUT2D eigenvalue weighted by atomic mass is 16.1. The molecule has 19 heavy (non-hydrogen) atoms. The predicted molar refractivity (Wildman–Crippen MR) is 74.6 cm³/mol. The van der Waals surface area contributed by atoms with E-state index in [2.05, 4.69) is 10.6 Å². The third-order valence-electron chi connectivity index (χ3n) is 6.13. The molecule has 0 aromatic carbocycles. The van der Waals surface area contributed by atoms with Gasteiger partial charge >= 0.3 is 0 Å². The lowest BCUT2D eigenvalue weighted by molar-refractivity contribution is -0.130. The molecule has 1 aliphatic heterocycles. The van der Waals surface area contributed by atoms with E-state index in [1.54, 1.807) is 0 Å². The zero-order chi connectivity index (χ0) is 12.9. The van der Waals surface area contributed by atoms with Crippen molar-refractivity contribution in [3.05, 3.63) is 0 Å². The van der Waals surface area contributed by atoms with Crippen LogP contribution in [0.3, 0.4) is 0 Å². The molecule has 4 bridgehead atoms. The largest absolute Gasteiger partial charge is 0.352 e. The van der Waals surface area contributed by atoms with E-state index < -0.39 is 0 Å². The lowest BCUT2D eigenvalue weighted by atomic mass is 9.49. The fourth-order valence-electron chi connectivity index (χ4n) is 5.90. The number of hydrogen-bond acceptors (Lipinski definition) is 2. The summed E-state index contributed by atoms with van der Waals surface area (Å²) in [5.74, 6) is 3.18. The second kappa shape index (κ2) is 4.47. The number of carbonyl (C=O) groups is 1. The Morgan fingerprint density at radius 3 is 2.26 bits per heavy atom. The summed E-state index contributed by atoms with van der Waals surface area (Å²) in [6.45, 7) is 2.02. The molecule has 5 rings (SSSR count). The first kappa shape index (κ1) is 12.2. The summed E-state index contributed by atoms with van der Waals surface area (Å²) in [4.78, 5) is 12.3. The van der Waals surface area contributed by atoms with E-state index in [0.29, 0.717) is 17.4 Å². The molecule has 106 valence electrons. The second-order valence-electron chi connectivity index (χ2n) is 7.85. The Kier molecular flexibility index (Phi) is 2.87. The Labute approximate surface area is 115 Å². The minimum Gasteiger partial charge on any atom is -0.352 e. The summed E-state index contributed by atoms with van der Waals surface area (Å²) in [5, 5.41) is 6.57. The van der Waals surface area contributed by atoms with Crippen LogP contribution in [0.5, 0.6) is 0 Å². The zero-order valence-electron chi connectivity index (χ0n) is 11.8. The maximum atomic E-state index is 12.3. The first-order valence-corrected chi connectivity index (χ1v) is 8.21. The van der Waals surface area contributed by atoms with Crippen molar-refractivity contribution in [3.8, 4) is 0 Å². The average Bonchev–Trinajstić information content (AvgIpc) is 2.78. The molecule has 3 nitrogen and oxygen atoms in total. The topological polar surface area (TPSA) is 41.1 Å². The van der Waals surface area contributed by atoms with E-state index >= 15 is 0 Å². The van der Waals surface area contributed by atoms with Crippen LogP contribution in [0.15, 0.2) is 0 Å². The van der Waals surface area contributed by atoms with Crippen LogP contribution in [0, 0.1) is 23.2 Å². The van der Waals surface area contributed by atoms with Crippen LogP contribution in [-0.4, -0.2) is 25.0 Å². The Bertz CT molecular complexity index is 338. The van der Waals surface area contributed by atoms with Crippen molar-refractivity contribution in [2.45, 2.75) is 57.4 Å². The molecule has 0 aromatic rings. The summed E-state index contributed by atoms with van der Waals surface area (Å²) >= 11 is 0. The highest BCUT2D eigenvalue weighted by Crippen LogP contribution is 2.61. The molecule has 0 unspecified atom stereocenters. The molecule has 5 aliphatic rings. The van der Waals surface area contributed by atoms with Crippen molar-refractivity contribution in [3.63, 3.8) is 0 Å². The molecule has 2 N–H and O–H groups in total. The molecular formula is C16H26N2O. The quantitative estimate of drug-likeness (QED) is 0.817. The predicted octanol–water partition coefficient (Wildman–Crippen LogP) is 2.07. The van der Waals surface area contributed by atoms with Gasteiger partial charge in [0.2, 0.25) is 5.91 Å². The lowest BCUT2D eigenvalue weighted by Crippen LogP contribution is -2.49. The molecule has 0 aromatic heterocycles. The standard InChI is InChI=1S/C16H26N2O/c19-15(18-14-1-2-17-10-14)9-16-6-11-3-12(7-16)5-13(4-11)8-16/h11-14,17H,1-10H2,(H,18,19)/t11?,12?,13?,14-,16?/m1/s1. The summed E-state index contributed by atoms with van der Waals surface area (Å²) in [5.41, 5.74) is 0.394. The van der Waals surface area contributed by atoms with Crippen molar-refractivity contribution < 1.29 is 4.79 Å². The molecule has 4 saturated carbocycles. The number of nitrogens with one attached hydrogen (secondary N) is 2. The van der Waals surface area contributed by atoms with Gasteiger partial charge in [0.05, 0.1) is 0 Å². The van der Waals surface area contributed by atoms with Gasteiger partial charge in [0.25, 0.3) is 0 Å². The van der Waals surface area contributed by atoms with Crippen LogP contribution in [0.1, 0.15) is 51.4 Å². The fraction of sp³-hybridized carbons (Fsp3) is 0.938. The Morgan fingerprint density at radius 1 is 1.11 bits per heavy atom. The maximum absolute atomic E-state index is 12.3. The number of rotatable bonds is 3. The van der Waals surface area contributed by atoms with Crippen molar-refractivity contribution >= 4 is 5.91 Å². The molecule has 5 fully saturated rings.